The molecule has 2 aromatic heterocycles. The zero-order valence-electron chi connectivity index (χ0n) is 10.5. The largest absolute Gasteiger partial charge is 0.349 e. The third-order valence-electron chi connectivity index (χ3n) is 3.64. The summed E-state index contributed by atoms with van der Waals surface area (Å²) in [6.45, 7) is 3.82. The van der Waals surface area contributed by atoms with Crippen molar-refractivity contribution in [2.45, 2.75) is 25.9 Å². The van der Waals surface area contributed by atoms with Crippen molar-refractivity contribution in [1.29, 1.82) is 0 Å². The number of thiophene rings is 1. The second kappa shape index (κ2) is 4.71. The number of fused-ring (bicyclic) bond motifs is 1. The highest BCUT2D eigenvalue weighted by molar-refractivity contribution is 7.10. The monoisotopic (exact) mass is 259 g/mol. The number of nitrogens with zero attached hydrogens (tertiary/aromatic N) is 2. The molecule has 18 heavy (non-hydrogen) atoms. The highest BCUT2D eigenvalue weighted by atomic mass is 32.1. The number of pyridine rings is 1. The molecule has 1 aliphatic heterocycles. The van der Waals surface area contributed by atoms with Gasteiger partial charge in [-0.05, 0) is 36.4 Å². The molecule has 1 atom stereocenters. The summed E-state index contributed by atoms with van der Waals surface area (Å²) in [6.07, 6.45) is 2.96. The Morgan fingerprint density at radius 1 is 1.50 bits per heavy atom. The molecule has 2 N–H and O–H groups in total. The Hall–Kier alpha value is -1.39. The SMILES string of the molecule is CC1c2ccsc2CCN1c1ncccc1CN. The van der Waals surface area contributed by atoms with E-state index in [0.717, 1.165) is 24.3 Å². The number of rotatable bonds is 2. The number of nitrogens with two attached hydrogens (primary N) is 1. The predicted octanol–water partition coefficient (Wildman–Crippen LogP) is 2.73. The molecule has 1 unspecified atom stereocenters. The van der Waals surface area contributed by atoms with Crippen molar-refractivity contribution in [2.24, 2.45) is 5.73 Å². The molecule has 0 saturated heterocycles. The van der Waals surface area contributed by atoms with Crippen LogP contribution in [0.5, 0.6) is 0 Å². The molecule has 0 aliphatic carbocycles. The smallest absolute Gasteiger partial charge is 0.133 e. The quantitative estimate of drug-likeness (QED) is 0.901. The lowest BCUT2D eigenvalue weighted by Crippen LogP contribution is -2.34. The molecule has 0 fully saturated rings. The molecule has 3 heterocycles. The summed E-state index contributed by atoms with van der Waals surface area (Å²) in [4.78, 5) is 8.42. The molecule has 0 amide bonds. The Morgan fingerprint density at radius 3 is 3.22 bits per heavy atom. The van der Waals surface area contributed by atoms with Crippen molar-refractivity contribution in [3.05, 3.63) is 45.8 Å². The Labute approximate surface area is 111 Å². The summed E-state index contributed by atoms with van der Waals surface area (Å²) in [5.74, 6) is 1.05. The summed E-state index contributed by atoms with van der Waals surface area (Å²) < 4.78 is 0. The first-order valence-electron chi connectivity index (χ1n) is 6.28. The van der Waals surface area contributed by atoms with Gasteiger partial charge in [-0.1, -0.05) is 6.07 Å². The van der Waals surface area contributed by atoms with Gasteiger partial charge in [-0.15, -0.1) is 11.3 Å². The highest BCUT2D eigenvalue weighted by Crippen LogP contribution is 2.36. The van der Waals surface area contributed by atoms with E-state index in [0.29, 0.717) is 12.6 Å². The zero-order chi connectivity index (χ0) is 12.5. The molecule has 1 aliphatic rings. The number of aromatic nitrogens is 1. The van der Waals surface area contributed by atoms with Crippen LogP contribution in [0.25, 0.3) is 0 Å². The van der Waals surface area contributed by atoms with Crippen LogP contribution in [0.15, 0.2) is 29.8 Å². The van der Waals surface area contributed by atoms with Gasteiger partial charge in [-0.3, -0.25) is 0 Å². The maximum Gasteiger partial charge on any atom is 0.133 e. The predicted molar refractivity (Wildman–Crippen MR) is 75.9 cm³/mol. The maximum absolute atomic E-state index is 5.81. The van der Waals surface area contributed by atoms with Gasteiger partial charge in [0, 0.05) is 29.7 Å². The summed E-state index contributed by atoms with van der Waals surface area (Å²) in [6, 6.07) is 6.65. The third kappa shape index (κ3) is 1.82. The van der Waals surface area contributed by atoms with Crippen molar-refractivity contribution in [1.82, 2.24) is 4.98 Å². The summed E-state index contributed by atoms with van der Waals surface area (Å²) in [5.41, 5.74) is 8.38. The molecule has 3 rings (SSSR count). The standard InChI is InChI=1S/C14H17N3S/c1-10-12-5-8-18-13(12)4-7-17(10)14-11(9-15)3-2-6-16-14/h2-3,5-6,8,10H,4,7,9,15H2,1H3. The topological polar surface area (TPSA) is 42.2 Å². The van der Waals surface area contributed by atoms with Gasteiger partial charge in [-0.25, -0.2) is 4.98 Å². The lowest BCUT2D eigenvalue weighted by Gasteiger charge is -2.35. The van der Waals surface area contributed by atoms with Crippen LogP contribution in [0.4, 0.5) is 5.82 Å². The molecule has 0 spiro atoms. The first-order valence-corrected chi connectivity index (χ1v) is 7.16. The van der Waals surface area contributed by atoms with Gasteiger partial charge in [0.15, 0.2) is 0 Å². The van der Waals surface area contributed by atoms with Crippen molar-refractivity contribution in [3.63, 3.8) is 0 Å². The summed E-state index contributed by atoms with van der Waals surface area (Å²) in [5, 5.41) is 2.19. The average molecular weight is 259 g/mol. The highest BCUT2D eigenvalue weighted by Gasteiger charge is 2.26. The number of hydrogen-bond donors (Lipinski definition) is 1. The molecular weight excluding hydrogens is 242 g/mol. The fraction of sp³-hybridized carbons (Fsp3) is 0.357. The average Bonchev–Trinajstić information content (AvgIpc) is 2.88. The Kier molecular flexibility index (Phi) is 3.06. The van der Waals surface area contributed by atoms with E-state index in [1.165, 1.54) is 10.4 Å². The van der Waals surface area contributed by atoms with Crippen LogP contribution in [0.3, 0.4) is 0 Å². The van der Waals surface area contributed by atoms with E-state index in [1.54, 1.807) is 0 Å². The lowest BCUT2D eigenvalue weighted by atomic mass is 10.0. The van der Waals surface area contributed by atoms with Crippen molar-refractivity contribution < 1.29 is 0 Å². The lowest BCUT2D eigenvalue weighted by molar-refractivity contribution is 0.621. The van der Waals surface area contributed by atoms with E-state index in [1.807, 2.05) is 23.6 Å². The molecule has 2 aromatic rings. The molecule has 0 bridgehead atoms. The zero-order valence-corrected chi connectivity index (χ0v) is 11.3. The molecular formula is C14H17N3S. The van der Waals surface area contributed by atoms with E-state index in [-0.39, 0.29) is 0 Å². The number of hydrogen-bond acceptors (Lipinski definition) is 4. The van der Waals surface area contributed by atoms with Gasteiger partial charge in [0.05, 0.1) is 6.04 Å². The molecule has 0 saturated carbocycles. The van der Waals surface area contributed by atoms with Crippen LogP contribution in [-0.2, 0) is 13.0 Å². The minimum Gasteiger partial charge on any atom is -0.349 e. The van der Waals surface area contributed by atoms with Gasteiger partial charge in [0.25, 0.3) is 0 Å². The Morgan fingerprint density at radius 2 is 2.39 bits per heavy atom. The summed E-state index contributed by atoms with van der Waals surface area (Å²) >= 11 is 1.86. The van der Waals surface area contributed by atoms with Gasteiger partial charge in [-0.2, -0.15) is 0 Å². The van der Waals surface area contributed by atoms with Crippen molar-refractivity contribution in [2.75, 3.05) is 11.4 Å². The summed E-state index contributed by atoms with van der Waals surface area (Å²) in [7, 11) is 0. The van der Waals surface area contributed by atoms with E-state index in [2.05, 4.69) is 34.3 Å². The fourth-order valence-corrected chi connectivity index (χ4v) is 3.61. The molecule has 4 heteroatoms. The normalized spacial score (nSPS) is 18.8. The van der Waals surface area contributed by atoms with Crippen LogP contribution in [0, 0.1) is 0 Å². The van der Waals surface area contributed by atoms with Gasteiger partial charge >= 0.3 is 0 Å². The van der Waals surface area contributed by atoms with Gasteiger partial charge in [0.2, 0.25) is 0 Å². The first kappa shape index (κ1) is 11.7. The number of anilines is 1. The minimum atomic E-state index is 0.389. The van der Waals surface area contributed by atoms with E-state index in [4.69, 9.17) is 5.73 Å². The van der Waals surface area contributed by atoms with E-state index >= 15 is 0 Å². The first-order chi connectivity index (χ1) is 8.81. The Balaban J connectivity index is 1.99. The minimum absolute atomic E-state index is 0.389. The third-order valence-corrected chi connectivity index (χ3v) is 4.63. The second-order valence-corrected chi connectivity index (χ2v) is 5.61. The van der Waals surface area contributed by atoms with Crippen LogP contribution in [0.1, 0.15) is 29.0 Å². The maximum atomic E-state index is 5.81. The van der Waals surface area contributed by atoms with Crippen LogP contribution in [0.2, 0.25) is 0 Å². The molecule has 94 valence electrons. The fourth-order valence-electron chi connectivity index (χ4n) is 2.65. The van der Waals surface area contributed by atoms with Crippen LogP contribution in [-0.4, -0.2) is 11.5 Å². The van der Waals surface area contributed by atoms with Crippen LogP contribution >= 0.6 is 11.3 Å². The second-order valence-electron chi connectivity index (χ2n) is 4.61. The van der Waals surface area contributed by atoms with E-state index < -0.39 is 0 Å². The Bertz CT molecular complexity index is 549. The molecule has 0 aromatic carbocycles. The molecule has 3 nitrogen and oxygen atoms in total. The van der Waals surface area contributed by atoms with Crippen molar-refractivity contribution >= 4 is 17.2 Å². The van der Waals surface area contributed by atoms with Gasteiger partial charge in [0.1, 0.15) is 5.82 Å². The van der Waals surface area contributed by atoms with Crippen molar-refractivity contribution in [3.8, 4) is 0 Å². The van der Waals surface area contributed by atoms with Gasteiger partial charge < -0.3 is 10.6 Å². The van der Waals surface area contributed by atoms with Crippen LogP contribution < -0.4 is 10.6 Å². The van der Waals surface area contributed by atoms with E-state index in [9.17, 15) is 0 Å². The molecule has 0 radical (unpaired) electrons.